The number of ether oxygens (including phenoxy) is 3. The monoisotopic (exact) mass is 172 g/mol. The molecule has 0 amide bonds. The lowest BCUT2D eigenvalue weighted by Crippen LogP contribution is -2.25. The van der Waals surface area contributed by atoms with Gasteiger partial charge in [-0.2, -0.15) is 0 Å². The second-order valence-electron chi connectivity index (χ2n) is 2.71. The van der Waals surface area contributed by atoms with Crippen LogP contribution in [0.15, 0.2) is 0 Å². The van der Waals surface area contributed by atoms with E-state index in [0.29, 0.717) is 13.2 Å². The Morgan fingerprint density at radius 1 is 1.17 bits per heavy atom. The van der Waals surface area contributed by atoms with E-state index in [1.807, 2.05) is 0 Å². The van der Waals surface area contributed by atoms with E-state index in [2.05, 4.69) is 4.74 Å². The Morgan fingerprint density at radius 3 is 2.33 bits per heavy atom. The molecule has 0 saturated carbocycles. The zero-order valence-corrected chi connectivity index (χ0v) is 6.32. The average molecular weight is 172 g/mol. The fourth-order valence-corrected chi connectivity index (χ4v) is 1.31. The van der Waals surface area contributed by atoms with Gasteiger partial charge in [0, 0.05) is 0 Å². The van der Waals surface area contributed by atoms with E-state index in [0.717, 1.165) is 0 Å². The number of esters is 2. The number of carbonyl (C=O) groups is 2. The number of hydrogen-bond donors (Lipinski definition) is 0. The molecule has 2 aliphatic heterocycles. The first kappa shape index (κ1) is 7.70. The van der Waals surface area contributed by atoms with Gasteiger partial charge in [-0.3, -0.25) is 9.59 Å². The second kappa shape index (κ2) is 2.84. The molecule has 2 saturated heterocycles. The Morgan fingerprint density at radius 2 is 1.83 bits per heavy atom. The van der Waals surface area contributed by atoms with E-state index >= 15 is 0 Å². The molecule has 2 aliphatic rings. The highest BCUT2D eigenvalue weighted by Gasteiger charge is 2.42. The van der Waals surface area contributed by atoms with E-state index in [1.165, 1.54) is 0 Å². The van der Waals surface area contributed by atoms with Crippen LogP contribution in [0, 0.1) is 5.92 Å². The third-order valence-electron chi connectivity index (χ3n) is 1.88. The van der Waals surface area contributed by atoms with Crippen LogP contribution in [0.1, 0.15) is 6.42 Å². The Hall–Kier alpha value is -0.940. The van der Waals surface area contributed by atoms with E-state index in [1.54, 1.807) is 0 Å². The van der Waals surface area contributed by atoms with Crippen LogP contribution < -0.4 is 0 Å². The SMILES string of the molecule is O=C1CC(C2OCCO2)C(=O)O1. The molecule has 2 fully saturated rings. The largest absolute Gasteiger partial charge is 0.393 e. The van der Waals surface area contributed by atoms with Crippen molar-refractivity contribution < 1.29 is 23.8 Å². The van der Waals surface area contributed by atoms with Gasteiger partial charge in [-0.25, -0.2) is 0 Å². The molecule has 5 nitrogen and oxygen atoms in total. The molecule has 66 valence electrons. The van der Waals surface area contributed by atoms with Gasteiger partial charge in [0.1, 0.15) is 5.92 Å². The maximum atomic E-state index is 11.0. The molecule has 0 aromatic rings. The second-order valence-corrected chi connectivity index (χ2v) is 2.71. The summed E-state index contributed by atoms with van der Waals surface area (Å²) < 4.78 is 14.5. The lowest BCUT2D eigenvalue weighted by atomic mass is 10.1. The Labute approximate surface area is 68.6 Å². The first-order chi connectivity index (χ1) is 5.77. The molecule has 2 heterocycles. The lowest BCUT2D eigenvalue weighted by molar-refractivity contribution is -0.158. The smallest absolute Gasteiger partial charge is 0.322 e. The summed E-state index contributed by atoms with van der Waals surface area (Å²) in [6.07, 6.45) is -0.507. The molecule has 0 bridgehead atoms. The van der Waals surface area contributed by atoms with Crippen LogP contribution in [0.4, 0.5) is 0 Å². The van der Waals surface area contributed by atoms with E-state index in [9.17, 15) is 9.59 Å². The molecule has 1 unspecified atom stereocenters. The topological polar surface area (TPSA) is 61.8 Å². The van der Waals surface area contributed by atoms with Crippen LogP contribution >= 0.6 is 0 Å². The van der Waals surface area contributed by atoms with E-state index in [4.69, 9.17) is 9.47 Å². The van der Waals surface area contributed by atoms with Crippen molar-refractivity contribution in [2.24, 2.45) is 5.92 Å². The highest BCUT2D eigenvalue weighted by Crippen LogP contribution is 2.24. The van der Waals surface area contributed by atoms with Crippen molar-refractivity contribution in [1.82, 2.24) is 0 Å². The van der Waals surface area contributed by atoms with Crippen LogP contribution in [0.2, 0.25) is 0 Å². The van der Waals surface area contributed by atoms with Gasteiger partial charge in [0.15, 0.2) is 6.29 Å². The predicted octanol–water partition coefficient (Wildman–Crippen LogP) is -0.551. The van der Waals surface area contributed by atoms with Gasteiger partial charge in [0.2, 0.25) is 0 Å². The maximum Gasteiger partial charge on any atom is 0.322 e. The third kappa shape index (κ3) is 1.21. The number of cyclic esters (lactones) is 2. The van der Waals surface area contributed by atoms with Crippen molar-refractivity contribution in [3.63, 3.8) is 0 Å². The fraction of sp³-hybridized carbons (Fsp3) is 0.714. The Balaban J connectivity index is 2.03. The van der Waals surface area contributed by atoms with Gasteiger partial charge in [-0.15, -0.1) is 0 Å². The van der Waals surface area contributed by atoms with Gasteiger partial charge >= 0.3 is 11.9 Å². The van der Waals surface area contributed by atoms with Crippen LogP contribution in [-0.2, 0) is 23.8 Å². The minimum atomic E-state index is -0.580. The van der Waals surface area contributed by atoms with Gasteiger partial charge in [0.05, 0.1) is 19.6 Å². The van der Waals surface area contributed by atoms with Crippen molar-refractivity contribution in [3.05, 3.63) is 0 Å². The molecule has 1 atom stereocenters. The molecule has 0 N–H and O–H groups in total. The molecule has 0 radical (unpaired) electrons. The van der Waals surface area contributed by atoms with Crippen molar-refractivity contribution in [2.75, 3.05) is 13.2 Å². The van der Waals surface area contributed by atoms with Crippen LogP contribution in [0.3, 0.4) is 0 Å². The number of carbonyl (C=O) groups excluding carboxylic acids is 2. The number of hydrogen-bond acceptors (Lipinski definition) is 5. The maximum absolute atomic E-state index is 11.0. The first-order valence-corrected chi connectivity index (χ1v) is 3.75. The summed E-state index contributed by atoms with van der Waals surface area (Å²) in [7, 11) is 0. The summed E-state index contributed by atoms with van der Waals surface area (Å²) in [5, 5.41) is 0. The summed E-state index contributed by atoms with van der Waals surface area (Å²) in [5.74, 6) is -1.59. The molecular weight excluding hydrogens is 164 g/mol. The summed E-state index contributed by atoms with van der Waals surface area (Å²) in [6, 6.07) is 0. The number of rotatable bonds is 1. The highest BCUT2D eigenvalue weighted by atomic mass is 16.7. The summed E-state index contributed by atoms with van der Waals surface area (Å²) in [4.78, 5) is 21.6. The standard InChI is InChI=1S/C7H8O5/c8-5-3-4(6(9)12-5)7-10-1-2-11-7/h4,7H,1-3H2. The van der Waals surface area contributed by atoms with E-state index < -0.39 is 24.1 Å². The van der Waals surface area contributed by atoms with Crippen molar-refractivity contribution >= 4 is 11.9 Å². The zero-order valence-electron chi connectivity index (χ0n) is 6.32. The Bertz CT molecular complexity index is 218. The summed E-state index contributed by atoms with van der Waals surface area (Å²) in [5.41, 5.74) is 0. The normalized spacial score (nSPS) is 31.2. The molecule has 0 aliphatic carbocycles. The van der Waals surface area contributed by atoms with Crippen molar-refractivity contribution in [1.29, 1.82) is 0 Å². The molecule has 2 rings (SSSR count). The quantitative estimate of drug-likeness (QED) is 0.392. The first-order valence-electron chi connectivity index (χ1n) is 3.75. The van der Waals surface area contributed by atoms with Gasteiger partial charge in [-0.05, 0) is 0 Å². The van der Waals surface area contributed by atoms with Gasteiger partial charge in [-0.1, -0.05) is 0 Å². The van der Waals surface area contributed by atoms with Crippen LogP contribution in [-0.4, -0.2) is 31.4 Å². The average Bonchev–Trinajstić information content (AvgIpc) is 2.58. The van der Waals surface area contributed by atoms with Crippen molar-refractivity contribution in [3.8, 4) is 0 Å². The zero-order chi connectivity index (χ0) is 8.55. The minimum absolute atomic E-state index is 0.0729. The lowest BCUT2D eigenvalue weighted by Gasteiger charge is -2.11. The van der Waals surface area contributed by atoms with Crippen LogP contribution in [0.25, 0.3) is 0 Å². The summed E-state index contributed by atoms with van der Waals surface area (Å²) >= 11 is 0. The molecule has 0 spiro atoms. The molecule has 0 aromatic heterocycles. The highest BCUT2D eigenvalue weighted by molar-refractivity contribution is 5.94. The molecule has 0 aromatic carbocycles. The fourth-order valence-electron chi connectivity index (χ4n) is 1.31. The molecular formula is C7H8O5. The van der Waals surface area contributed by atoms with Crippen molar-refractivity contribution in [2.45, 2.75) is 12.7 Å². The minimum Gasteiger partial charge on any atom is -0.393 e. The molecule has 5 heteroatoms. The predicted molar refractivity (Wildman–Crippen MR) is 34.9 cm³/mol. The van der Waals surface area contributed by atoms with E-state index in [-0.39, 0.29) is 6.42 Å². The van der Waals surface area contributed by atoms with Gasteiger partial charge < -0.3 is 14.2 Å². The third-order valence-corrected chi connectivity index (χ3v) is 1.88. The summed E-state index contributed by atoms with van der Waals surface area (Å²) in [6.45, 7) is 0.950. The van der Waals surface area contributed by atoms with Crippen LogP contribution in [0.5, 0.6) is 0 Å². The molecule has 12 heavy (non-hydrogen) atoms. The Kier molecular flexibility index (Phi) is 1.82. The van der Waals surface area contributed by atoms with Gasteiger partial charge in [0.25, 0.3) is 0 Å².